The Bertz CT molecular complexity index is 622. The first kappa shape index (κ1) is 18.0. The average molecular weight is 337 g/mol. The van der Waals surface area contributed by atoms with Gasteiger partial charge in [-0.25, -0.2) is 0 Å². The van der Waals surface area contributed by atoms with Crippen LogP contribution in [0.4, 0.5) is 5.69 Å². The number of nitrogens with one attached hydrogen (secondary N) is 2. The Hall–Kier alpha value is -1.39. The molecule has 1 saturated heterocycles. The summed E-state index contributed by atoms with van der Waals surface area (Å²) in [6.45, 7) is 10.1. The molecule has 1 heterocycles. The second-order valence-electron chi connectivity index (χ2n) is 7.78. The number of benzene rings is 1. The zero-order valence-electron chi connectivity index (χ0n) is 14.4. The molecule has 0 aliphatic carbocycles. The van der Waals surface area contributed by atoms with E-state index in [0.717, 1.165) is 5.56 Å². The van der Waals surface area contributed by atoms with Crippen LogP contribution in [0.3, 0.4) is 0 Å². The van der Waals surface area contributed by atoms with E-state index in [9.17, 15) is 9.59 Å². The number of piperidine rings is 1. The fourth-order valence-corrected chi connectivity index (χ4v) is 3.74. The molecule has 4 nitrogen and oxygen atoms in total. The SMILES string of the molecule is Cc1ccc(NC(=O)C(=O)C2CC(C)(C)NC(C)(C)C2)cc1Cl. The third-order valence-corrected chi connectivity index (χ3v) is 4.62. The van der Waals surface area contributed by atoms with Crippen LogP contribution < -0.4 is 10.6 Å². The quantitative estimate of drug-likeness (QED) is 0.827. The number of hydrogen-bond donors (Lipinski definition) is 2. The van der Waals surface area contributed by atoms with E-state index in [0.29, 0.717) is 23.6 Å². The Morgan fingerprint density at radius 3 is 2.26 bits per heavy atom. The number of hydrogen-bond acceptors (Lipinski definition) is 3. The molecule has 5 heteroatoms. The van der Waals surface area contributed by atoms with Gasteiger partial charge in [0.05, 0.1) is 0 Å². The van der Waals surface area contributed by atoms with Crippen LogP contribution >= 0.6 is 11.6 Å². The number of aryl methyl sites for hydroxylation is 1. The summed E-state index contributed by atoms with van der Waals surface area (Å²) in [5, 5.41) is 6.76. The predicted octanol–water partition coefficient (Wildman–Crippen LogP) is 3.71. The first-order valence-corrected chi connectivity index (χ1v) is 8.28. The summed E-state index contributed by atoms with van der Waals surface area (Å²) >= 11 is 6.06. The van der Waals surface area contributed by atoms with Crippen molar-refractivity contribution < 1.29 is 9.59 Å². The molecule has 0 spiro atoms. The smallest absolute Gasteiger partial charge is 0.292 e. The second-order valence-corrected chi connectivity index (χ2v) is 8.19. The first-order chi connectivity index (χ1) is 10.5. The van der Waals surface area contributed by atoms with Gasteiger partial charge in [0.1, 0.15) is 0 Å². The predicted molar refractivity (Wildman–Crippen MR) is 93.8 cm³/mol. The molecule has 126 valence electrons. The van der Waals surface area contributed by atoms with Crippen LogP contribution in [0.5, 0.6) is 0 Å². The van der Waals surface area contributed by atoms with Crippen LogP contribution in [0.2, 0.25) is 5.02 Å². The number of amides is 1. The molecule has 2 rings (SSSR count). The number of carbonyl (C=O) groups excluding carboxylic acids is 2. The van der Waals surface area contributed by atoms with Gasteiger partial charge in [0.2, 0.25) is 5.78 Å². The van der Waals surface area contributed by atoms with Crippen LogP contribution in [-0.2, 0) is 9.59 Å². The molecule has 23 heavy (non-hydrogen) atoms. The molecule has 1 aliphatic heterocycles. The van der Waals surface area contributed by atoms with Crippen molar-refractivity contribution in [2.75, 3.05) is 5.32 Å². The third-order valence-electron chi connectivity index (χ3n) is 4.21. The lowest BCUT2D eigenvalue weighted by Crippen LogP contribution is -2.59. The summed E-state index contributed by atoms with van der Waals surface area (Å²) in [5.74, 6) is -1.20. The van der Waals surface area contributed by atoms with E-state index in [2.05, 4.69) is 38.3 Å². The topological polar surface area (TPSA) is 58.2 Å². The van der Waals surface area contributed by atoms with Crippen molar-refractivity contribution in [2.45, 2.75) is 58.5 Å². The number of rotatable bonds is 3. The lowest BCUT2D eigenvalue weighted by molar-refractivity contribution is -0.139. The summed E-state index contributed by atoms with van der Waals surface area (Å²) in [5.41, 5.74) is 1.13. The summed E-state index contributed by atoms with van der Waals surface area (Å²) in [4.78, 5) is 24.9. The number of anilines is 1. The number of halogens is 1. The van der Waals surface area contributed by atoms with Gasteiger partial charge < -0.3 is 10.6 Å². The summed E-state index contributed by atoms with van der Waals surface area (Å²) in [6, 6.07) is 5.24. The summed E-state index contributed by atoms with van der Waals surface area (Å²) in [6.07, 6.45) is 1.30. The molecule has 0 saturated carbocycles. The van der Waals surface area contributed by atoms with Crippen molar-refractivity contribution in [2.24, 2.45) is 5.92 Å². The summed E-state index contributed by atoms with van der Waals surface area (Å²) in [7, 11) is 0. The molecule has 1 amide bonds. The molecule has 0 radical (unpaired) electrons. The number of carbonyl (C=O) groups is 2. The maximum atomic E-state index is 12.6. The maximum absolute atomic E-state index is 12.6. The van der Waals surface area contributed by atoms with Crippen molar-refractivity contribution in [1.82, 2.24) is 5.32 Å². The molecular formula is C18H25ClN2O2. The van der Waals surface area contributed by atoms with E-state index in [1.165, 1.54) is 0 Å². The molecule has 2 N–H and O–H groups in total. The van der Waals surface area contributed by atoms with Crippen LogP contribution in [0.1, 0.15) is 46.1 Å². The van der Waals surface area contributed by atoms with Crippen molar-refractivity contribution in [3.8, 4) is 0 Å². The van der Waals surface area contributed by atoms with Crippen molar-refractivity contribution in [3.63, 3.8) is 0 Å². The van der Waals surface area contributed by atoms with Gasteiger partial charge in [-0.15, -0.1) is 0 Å². The highest BCUT2D eigenvalue weighted by Crippen LogP contribution is 2.33. The largest absolute Gasteiger partial charge is 0.319 e. The van der Waals surface area contributed by atoms with Gasteiger partial charge in [-0.05, 0) is 65.2 Å². The van der Waals surface area contributed by atoms with E-state index < -0.39 is 5.91 Å². The van der Waals surface area contributed by atoms with Crippen LogP contribution in [-0.4, -0.2) is 22.8 Å². The molecule has 1 fully saturated rings. The van der Waals surface area contributed by atoms with Crippen LogP contribution in [0.15, 0.2) is 18.2 Å². The minimum Gasteiger partial charge on any atom is -0.319 e. The van der Waals surface area contributed by atoms with E-state index in [1.54, 1.807) is 12.1 Å². The normalized spacial score (nSPS) is 20.1. The monoisotopic (exact) mass is 336 g/mol. The van der Waals surface area contributed by atoms with E-state index in [1.807, 2.05) is 13.0 Å². The Morgan fingerprint density at radius 2 is 1.74 bits per heavy atom. The Labute approximate surface area is 143 Å². The molecule has 1 aromatic carbocycles. The highest BCUT2D eigenvalue weighted by Gasteiger charge is 2.42. The molecule has 0 unspecified atom stereocenters. The standard InChI is InChI=1S/C18H25ClN2O2/c1-11-6-7-13(8-14(11)19)20-16(23)15(22)12-9-17(2,3)21-18(4,5)10-12/h6-8,12,21H,9-10H2,1-5H3,(H,20,23). The molecule has 0 atom stereocenters. The van der Waals surface area contributed by atoms with Gasteiger partial charge in [-0.2, -0.15) is 0 Å². The van der Waals surface area contributed by atoms with Crippen LogP contribution in [0, 0.1) is 12.8 Å². The van der Waals surface area contributed by atoms with Gasteiger partial charge >= 0.3 is 0 Å². The Balaban J connectivity index is 2.10. The van der Waals surface area contributed by atoms with Gasteiger partial charge in [0.25, 0.3) is 5.91 Å². The van der Waals surface area contributed by atoms with Gasteiger partial charge in [0, 0.05) is 27.7 Å². The highest BCUT2D eigenvalue weighted by atomic mass is 35.5. The fraction of sp³-hybridized carbons (Fsp3) is 0.556. The van der Waals surface area contributed by atoms with Crippen molar-refractivity contribution >= 4 is 29.0 Å². The Kier molecular flexibility index (Phi) is 4.88. The van der Waals surface area contributed by atoms with E-state index >= 15 is 0 Å². The third kappa shape index (κ3) is 4.55. The van der Waals surface area contributed by atoms with Gasteiger partial charge in [-0.3, -0.25) is 9.59 Å². The van der Waals surface area contributed by atoms with Crippen molar-refractivity contribution in [1.29, 1.82) is 0 Å². The Morgan fingerprint density at radius 1 is 1.17 bits per heavy atom. The minimum absolute atomic E-state index is 0.171. The molecule has 1 aliphatic rings. The van der Waals surface area contributed by atoms with Gasteiger partial charge in [-0.1, -0.05) is 17.7 Å². The molecular weight excluding hydrogens is 312 g/mol. The minimum atomic E-state index is -0.566. The number of Topliss-reactive ketones (excluding diaryl/α,β-unsaturated/α-hetero) is 1. The lowest BCUT2D eigenvalue weighted by Gasteiger charge is -2.45. The molecule has 1 aromatic rings. The fourth-order valence-electron chi connectivity index (χ4n) is 3.56. The average Bonchev–Trinajstić information content (AvgIpc) is 2.38. The highest BCUT2D eigenvalue weighted by molar-refractivity contribution is 6.41. The van der Waals surface area contributed by atoms with Gasteiger partial charge in [0.15, 0.2) is 0 Å². The lowest BCUT2D eigenvalue weighted by atomic mass is 9.74. The maximum Gasteiger partial charge on any atom is 0.292 e. The van der Waals surface area contributed by atoms with Crippen molar-refractivity contribution in [3.05, 3.63) is 28.8 Å². The first-order valence-electron chi connectivity index (χ1n) is 7.90. The molecule has 0 bridgehead atoms. The summed E-state index contributed by atoms with van der Waals surface area (Å²) < 4.78 is 0. The zero-order valence-corrected chi connectivity index (χ0v) is 15.2. The van der Waals surface area contributed by atoms with E-state index in [-0.39, 0.29) is 22.8 Å². The van der Waals surface area contributed by atoms with Crippen LogP contribution in [0.25, 0.3) is 0 Å². The zero-order chi connectivity index (χ0) is 17.4. The van der Waals surface area contributed by atoms with E-state index in [4.69, 9.17) is 11.6 Å². The second kappa shape index (κ2) is 6.25. The number of ketones is 1. The molecule has 0 aromatic heterocycles.